The Morgan fingerprint density at radius 3 is 1.92 bits per heavy atom. The van der Waals surface area contributed by atoms with Gasteiger partial charge in [-0.2, -0.15) is 0 Å². The molecule has 0 heterocycles. The summed E-state index contributed by atoms with van der Waals surface area (Å²) < 4.78 is 10.7. The van der Waals surface area contributed by atoms with E-state index in [0.717, 1.165) is 18.6 Å². The van der Waals surface area contributed by atoms with Crippen molar-refractivity contribution in [1.29, 1.82) is 0 Å². The van der Waals surface area contributed by atoms with Crippen molar-refractivity contribution >= 4 is 5.97 Å². The number of hydrogen-bond acceptors (Lipinski definition) is 3. The molecule has 0 aromatic heterocycles. The molecule has 0 unspecified atom stereocenters. The molecule has 0 aliphatic rings. The molecule has 0 atom stereocenters. The van der Waals surface area contributed by atoms with Gasteiger partial charge in [-0.25, -0.2) is 0 Å². The Balaban J connectivity index is 1.81. The lowest BCUT2D eigenvalue weighted by molar-refractivity contribution is -0.144. The van der Waals surface area contributed by atoms with Crippen molar-refractivity contribution in [2.45, 2.75) is 84.0 Å². The third kappa shape index (κ3) is 13.5. The van der Waals surface area contributed by atoms with Crippen LogP contribution in [0, 0.1) is 0 Å². The smallest absolute Gasteiger partial charge is 0.305 e. The van der Waals surface area contributed by atoms with E-state index in [1.807, 2.05) is 30.3 Å². The van der Waals surface area contributed by atoms with Gasteiger partial charge in [0.05, 0.1) is 0 Å². The molecule has 0 saturated carbocycles. The van der Waals surface area contributed by atoms with E-state index in [9.17, 15) is 4.79 Å². The Bertz CT molecular complexity index is 417. The second-order valence-electron chi connectivity index (χ2n) is 6.67. The van der Waals surface area contributed by atoms with Crippen LogP contribution in [0.3, 0.4) is 0 Å². The van der Waals surface area contributed by atoms with E-state index in [-0.39, 0.29) is 5.97 Å². The zero-order valence-corrected chi connectivity index (χ0v) is 16.0. The summed E-state index contributed by atoms with van der Waals surface area (Å²) in [5.74, 6) is 0.705. The SMILES string of the molecule is CCCCCCCCCCCCCC(=O)OCCOc1ccccc1. The number of carbonyl (C=O) groups excluding carboxylic acids is 1. The Kier molecular flexibility index (Phi) is 13.8. The summed E-state index contributed by atoms with van der Waals surface area (Å²) in [6.07, 6.45) is 14.7. The predicted molar refractivity (Wildman–Crippen MR) is 104 cm³/mol. The van der Waals surface area contributed by atoms with E-state index < -0.39 is 0 Å². The van der Waals surface area contributed by atoms with Gasteiger partial charge in [0.15, 0.2) is 0 Å². The summed E-state index contributed by atoms with van der Waals surface area (Å²) in [6, 6.07) is 9.59. The molecule has 0 aliphatic heterocycles. The zero-order valence-electron chi connectivity index (χ0n) is 16.0. The minimum Gasteiger partial charge on any atom is -0.490 e. The van der Waals surface area contributed by atoms with Crippen molar-refractivity contribution < 1.29 is 14.3 Å². The Hall–Kier alpha value is -1.51. The fourth-order valence-electron chi connectivity index (χ4n) is 2.84. The number of ether oxygens (including phenoxy) is 2. The fraction of sp³-hybridized carbons (Fsp3) is 0.682. The van der Waals surface area contributed by atoms with Crippen LogP contribution in [0.4, 0.5) is 0 Å². The van der Waals surface area contributed by atoms with Gasteiger partial charge in [0.2, 0.25) is 0 Å². The molecule has 1 aromatic carbocycles. The molecule has 25 heavy (non-hydrogen) atoms. The Labute approximate surface area is 154 Å². The lowest BCUT2D eigenvalue weighted by atomic mass is 10.1. The molecular formula is C22H36O3. The largest absolute Gasteiger partial charge is 0.490 e. The summed E-state index contributed by atoms with van der Waals surface area (Å²) in [4.78, 5) is 11.6. The monoisotopic (exact) mass is 348 g/mol. The van der Waals surface area contributed by atoms with Gasteiger partial charge in [-0.1, -0.05) is 89.3 Å². The van der Waals surface area contributed by atoms with Crippen LogP contribution in [0.5, 0.6) is 5.75 Å². The molecule has 1 aromatic rings. The number of benzene rings is 1. The van der Waals surface area contributed by atoms with Gasteiger partial charge in [0.1, 0.15) is 19.0 Å². The molecule has 3 heteroatoms. The fourth-order valence-corrected chi connectivity index (χ4v) is 2.84. The standard InChI is InChI=1S/C22H36O3/c1-2-3-4-5-6-7-8-9-10-11-15-18-22(23)25-20-19-24-21-16-13-12-14-17-21/h12-14,16-17H,2-11,15,18-20H2,1H3. The van der Waals surface area contributed by atoms with Gasteiger partial charge >= 0.3 is 5.97 Å². The van der Waals surface area contributed by atoms with E-state index in [4.69, 9.17) is 9.47 Å². The first-order valence-electron chi connectivity index (χ1n) is 10.2. The first-order valence-corrected chi connectivity index (χ1v) is 10.2. The summed E-state index contributed by atoms with van der Waals surface area (Å²) >= 11 is 0. The number of para-hydroxylation sites is 1. The molecule has 0 fully saturated rings. The predicted octanol–water partition coefficient (Wildman–Crippen LogP) is 6.31. The van der Waals surface area contributed by atoms with Gasteiger partial charge in [0.25, 0.3) is 0 Å². The van der Waals surface area contributed by atoms with Crippen LogP contribution < -0.4 is 4.74 Å². The van der Waals surface area contributed by atoms with Gasteiger partial charge in [0, 0.05) is 6.42 Å². The van der Waals surface area contributed by atoms with Crippen LogP contribution in [0.15, 0.2) is 30.3 Å². The molecule has 142 valence electrons. The minimum absolute atomic E-state index is 0.104. The highest BCUT2D eigenvalue weighted by molar-refractivity contribution is 5.69. The Morgan fingerprint density at radius 1 is 0.760 bits per heavy atom. The van der Waals surface area contributed by atoms with Gasteiger partial charge in [-0.05, 0) is 18.6 Å². The average Bonchev–Trinajstić information content (AvgIpc) is 2.64. The highest BCUT2D eigenvalue weighted by atomic mass is 16.6. The second kappa shape index (κ2) is 16.0. The molecule has 0 saturated heterocycles. The van der Waals surface area contributed by atoms with Crippen molar-refractivity contribution in [1.82, 2.24) is 0 Å². The van der Waals surface area contributed by atoms with Crippen molar-refractivity contribution in [3.8, 4) is 5.75 Å². The normalized spacial score (nSPS) is 10.6. The molecule has 0 amide bonds. The third-order valence-electron chi connectivity index (χ3n) is 4.34. The van der Waals surface area contributed by atoms with Crippen molar-refractivity contribution in [3.63, 3.8) is 0 Å². The van der Waals surface area contributed by atoms with Gasteiger partial charge in [-0.3, -0.25) is 4.79 Å². The van der Waals surface area contributed by atoms with Crippen LogP contribution in [-0.2, 0) is 9.53 Å². The molecule has 0 bridgehead atoms. The summed E-state index contributed by atoms with van der Waals surface area (Å²) in [5, 5.41) is 0. The third-order valence-corrected chi connectivity index (χ3v) is 4.34. The van der Waals surface area contributed by atoms with Crippen LogP contribution in [0.2, 0.25) is 0 Å². The average molecular weight is 349 g/mol. The number of carbonyl (C=O) groups is 1. The molecule has 0 radical (unpaired) electrons. The van der Waals surface area contributed by atoms with Crippen molar-refractivity contribution in [2.75, 3.05) is 13.2 Å². The van der Waals surface area contributed by atoms with Crippen LogP contribution in [0.25, 0.3) is 0 Å². The van der Waals surface area contributed by atoms with E-state index in [2.05, 4.69) is 6.92 Å². The lowest BCUT2D eigenvalue weighted by Crippen LogP contribution is -2.11. The molecule has 0 aliphatic carbocycles. The van der Waals surface area contributed by atoms with E-state index >= 15 is 0 Å². The zero-order chi connectivity index (χ0) is 18.0. The summed E-state index contributed by atoms with van der Waals surface area (Å²) in [5.41, 5.74) is 0. The number of hydrogen-bond donors (Lipinski definition) is 0. The van der Waals surface area contributed by atoms with Crippen molar-refractivity contribution in [2.24, 2.45) is 0 Å². The van der Waals surface area contributed by atoms with Crippen LogP contribution in [-0.4, -0.2) is 19.2 Å². The summed E-state index contributed by atoms with van der Waals surface area (Å²) in [6.45, 7) is 2.99. The van der Waals surface area contributed by atoms with Gasteiger partial charge < -0.3 is 9.47 Å². The maximum Gasteiger partial charge on any atom is 0.305 e. The second-order valence-corrected chi connectivity index (χ2v) is 6.67. The number of rotatable bonds is 16. The maximum atomic E-state index is 11.6. The topological polar surface area (TPSA) is 35.5 Å². The minimum atomic E-state index is -0.104. The molecule has 0 spiro atoms. The summed E-state index contributed by atoms with van der Waals surface area (Å²) in [7, 11) is 0. The van der Waals surface area contributed by atoms with Crippen LogP contribution >= 0.6 is 0 Å². The highest BCUT2D eigenvalue weighted by Gasteiger charge is 2.02. The molecular weight excluding hydrogens is 312 g/mol. The number of esters is 1. The van der Waals surface area contributed by atoms with E-state index in [1.165, 1.54) is 57.8 Å². The lowest BCUT2D eigenvalue weighted by Gasteiger charge is -2.07. The van der Waals surface area contributed by atoms with Gasteiger partial charge in [-0.15, -0.1) is 0 Å². The Morgan fingerprint density at radius 2 is 1.32 bits per heavy atom. The maximum absolute atomic E-state index is 11.6. The first kappa shape index (κ1) is 21.5. The molecule has 0 N–H and O–H groups in total. The quantitative estimate of drug-likeness (QED) is 0.259. The van der Waals surface area contributed by atoms with E-state index in [1.54, 1.807) is 0 Å². The highest BCUT2D eigenvalue weighted by Crippen LogP contribution is 2.12. The molecule has 3 nitrogen and oxygen atoms in total. The van der Waals surface area contributed by atoms with E-state index in [0.29, 0.717) is 19.6 Å². The molecule has 1 rings (SSSR count). The van der Waals surface area contributed by atoms with Crippen LogP contribution in [0.1, 0.15) is 84.0 Å². The first-order chi connectivity index (χ1) is 12.3. The number of unbranched alkanes of at least 4 members (excludes halogenated alkanes) is 10. The van der Waals surface area contributed by atoms with Crippen molar-refractivity contribution in [3.05, 3.63) is 30.3 Å².